The van der Waals surface area contributed by atoms with Gasteiger partial charge in [-0.25, -0.2) is 4.79 Å². The molecule has 1 saturated carbocycles. The maximum Gasteiger partial charge on any atom is 0.420 e. The Bertz CT molecular complexity index is 576. The Balaban J connectivity index is 2.70. The summed E-state index contributed by atoms with van der Waals surface area (Å²) in [6, 6.07) is 2.18. The molecule has 20 heavy (non-hydrogen) atoms. The zero-order valence-corrected chi connectivity index (χ0v) is 11.3. The molecule has 0 spiro atoms. The van der Waals surface area contributed by atoms with Gasteiger partial charge in [0, 0.05) is 10.6 Å². The minimum Gasteiger partial charge on any atom is -0.496 e. The topological polar surface area (TPSA) is 38.7 Å². The van der Waals surface area contributed by atoms with E-state index in [0.29, 0.717) is 12.8 Å². The van der Waals surface area contributed by atoms with Gasteiger partial charge in [-0.05, 0) is 31.4 Å². The zero-order chi connectivity index (χ0) is 15.0. The van der Waals surface area contributed by atoms with Crippen LogP contribution in [0.1, 0.15) is 30.4 Å². The van der Waals surface area contributed by atoms with Crippen molar-refractivity contribution >= 4 is 17.7 Å². The monoisotopic (exact) mass is 305 g/mol. The Labute approximate surface area is 118 Å². The fourth-order valence-corrected chi connectivity index (χ4v) is 2.63. The predicted octanol–water partition coefficient (Wildman–Crippen LogP) is 4.08. The van der Waals surface area contributed by atoms with E-state index in [2.05, 4.69) is 4.99 Å². The SMILES string of the molecule is COc1c(C(F)(F)F)cc(Cl)cc1C1(N=C=O)CCC1. The van der Waals surface area contributed by atoms with Crippen LogP contribution in [-0.2, 0) is 16.5 Å². The summed E-state index contributed by atoms with van der Waals surface area (Å²) in [6.45, 7) is 0. The maximum atomic E-state index is 13.0. The van der Waals surface area contributed by atoms with Crippen LogP contribution in [-0.4, -0.2) is 13.2 Å². The van der Waals surface area contributed by atoms with Gasteiger partial charge in [-0.3, -0.25) is 0 Å². The Hall–Kier alpha value is -1.52. The summed E-state index contributed by atoms with van der Waals surface area (Å²) in [5, 5.41) is -0.0690. The van der Waals surface area contributed by atoms with Crippen LogP contribution in [0.25, 0.3) is 0 Å². The van der Waals surface area contributed by atoms with Gasteiger partial charge in [-0.2, -0.15) is 18.2 Å². The Morgan fingerprint density at radius 2 is 2.05 bits per heavy atom. The standard InChI is InChI=1S/C13H11ClF3NO2/c1-20-11-9(12(18-7-19)3-2-4-12)5-8(14)6-10(11)13(15,16)17/h5-6H,2-4H2,1H3. The van der Waals surface area contributed by atoms with Crippen molar-refractivity contribution < 1.29 is 22.7 Å². The second kappa shape index (κ2) is 5.11. The van der Waals surface area contributed by atoms with E-state index in [4.69, 9.17) is 16.3 Å². The summed E-state index contributed by atoms with van der Waals surface area (Å²) in [5.41, 5.74) is -1.78. The van der Waals surface area contributed by atoms with E-state index < -0.39 is 17.3 Å². The smallest absolute Gasteiger partial charge is 0.420 e. The maximum absolute atomic E-state index is 13.0. The number of benzene rings is 1. The van der Waals surface area contributed by atoms with Gasteiger partial charge in [0.15, 0.2) is 0 Å². The summed E-state index contributed by atoms with van der Waals surface area (Å²) in [5.74, 6) is -0.333. The molecule has 0 unspecified atom stereocenters. The van der Waals surface area contributed by atoms with Gasteiger partial charge in [-0.1, -0.05) is 11.6 Å². The van der Waals surface area contributed by atoms with E-state index in [1.807, 2.05) is 0 Å². The third-order valence-corrected chi connectivity index (χ3v) is 3.72. The van der Waals surface area contributed by atoms with Crippen LogP contribution in [0.5, 0.6) is 5.75 Å². The molecule has 0 amide bonds. The van der Waals surface area contributed by atoms with Crippen molar-refractivity contribution in [1.29, 1.82) is 0 Å². The third-order valence-electron chi connectivity index (χ3n) is 3.50. The van der Waals surface area contributed by atoms with Crippen molar-refractivity contribution in [2.24, 2.45) is 4.99 Å². The quantitative estimate of drug-likeness (QED) is 0.623. The Morgan fingerprint density at radius 1 is 1.40 bits per heavy atom. The second-order valence-electron chi connectivity index (χ2n) is 4.62. The molecule has 0 N–H and O–H groups in total. The number of isocyanates is 1. The van der Waals surface area contributed by atoms with E-state index >= 15 is 0 Å². The van der Waals surface area contributed by atoms with Gasteiger partial charge < -0.3 is 4.74 Å². The normalized spacial score (nSPS) is 17.1. The van der Waals surface area contributed by atoms with Crippen molar-refractivity contribution in [3.8, 4) is 5.75 Å². The number of ether oxygens (including phenoxy) is 1. The number of hydrogen-bond acceptors (Lipinski definition) is 3. The lowest BCUT2D eigenvalue weighted by molar-refractivity contribution is -0.138. The molecule has 0 bridgehead atoms. The lowest BCUT2D eigenvalue weighted by atomic mass is 9.71. The molecule has 1 aromatic rings. The van der Waals surface area contributed by atoms with Crippen molar-refractivity contribution in [3.05, 3.63) is 28.3 Å². The van der Waals surface area contributed by atoms with Crippen molar-refractivity contribution in [1.82, 2.24) is 0 Å². The highest BCUT2D eigenvalue weighted by Gasteiger charge is 2.45. The molecule has 0 atom stereocenters. The lowest BCUT2D eigenvalue weighted by Gasteiger charge is -2.38. The number of hydrogen-bond donors (Lipinski definition) is 0. The summed E-state index contributed by atoms with van der Waals surface area (Å²) in [4.78, 5) is 14.3. The number of halogens is 4. The first kappa shape index (κ1) is 14.9. The molecule has 0 saturated heterocycles. The predicted molar refractivity (Wildman–Crippen MR) is 66.7 cm³/mol. The summed E-state index contributed by atoms with van der Waals surface area (Å²) in [7, 11) is 1.15. The Morgan fingerprint density at radius 3 is 2.45 bits per heavy atom. The molecule has 0 radical (unpaired) electrons. The molecule has 0 heterocycles. The zero-order valence-electron chi connectivity index (χ0n) is 10.6. The van der Waals surface area contributed by atoms with E-state index in [0.717, 1.165) is 19.6 Å². The number of aliphatic imine (C=N–C) groups is 1. The van der Waals surface area contributed by atoms with Gasteiger partial charge in [0.2, 0.25) is 6.08 Å². The highest BCUT2D eigenvalue weighted by Crippen LogP contribution is 2.51. The fourth-order valence-electron chi connectivity index (χ4n) is 2.41. The fraction of sp³-hybridized carbons (Fsp3) is 0.462. The van der Waals surface area contributed by atoms with Crippen LogP contribution < -0.4 is 4.74 Å². The molecule has 1 fully saturated rings. The van der Waals surface area contributed by atoms with E-state index in [9.17, 15) is 18.0 Å². The molecule has 1 aromatic carbocycles. The molecular formula is C13H11ClF3NO2. The van der Waals surface area contributed by atoms with Crippen molar-refractivity contribution in [3.63, 3.8) is 0 Å². The minimum absolute atomic E-state index is 0.0690. The highest BCUT2D eigenvalue weighted by atomic mass is 35.5. The van der Waals surface area contributed by atoms with Crippen LogP contribution in [0.3, 0.4) is 0 Å². The van der Waals surface area contributed by atoms with Crippen LogP contribution in [0.4, 0.5) is 13.2 Å². The minimum atomic E-state index is -4.60. The van der Waals surface area contributed by atoms with Crippen LogP contribution in [0, 0.1) is 0 Å². The van der Waals surface area contributed by atoms with Gasteiger partial charge in [0.25, 0.3) is 0 Å². The van der Waals surface area contributed by atoms with Gasteiger partial charge >= 0.3 is 6.18 Å². The summed E-state index contributed by atoms with van der Waals surface area (Å²) >= 11 is 5.78. The number of alkyl halides is 3. The van der Waals surface area contributed by atoms with Crippen LogP contribution in [0.2, 0.25) is 5.02 Å². The van der Waals surface area contributed by atoms with Gasteiger partial charge in [0.05, 0.1) is 12.7 Å². The van der Waals surface area contributed by atoms with Gasteiger partial charge in [0.1, 0.15) is 11.3 Å². The van der Waals surface area contributed by atoms with Gasteiger partial charge in [-0.15, -0.1) is 0 Å². The average Bonchev–Trinajstić information content (AvgIpc) is 2.31. The second-order valence-corrected chi connectivity index (χ2v) is 5.06. The molecule has 2 rings (SSSR count). The molecule has 1 aliphatic rings. The number of carbonyl (C=O) groups excluding carboxylic acids is 1. The van der Waals surface area contributed by atoms with Crippen LogP contribution in [0.15, 0.2) is 17.1 Å². The van der Waals surface area contributed by atoms with E-state index in [-0.39, 0.29) is 16.3 Å². The average molecular weight is 306 g/mol. The largest absolute Gasteiger partial charge is 0.496 e. The number of nitrogens with zero attached hydrogens (tertiary/aromatic N) is 1. The van der Waals surface area contributed by atoms with Crippen LogP contribution >= 0.6 is 11.6 Å². The molecular weight excluding hydrogens is 295 g/mol. The molecule has 108 valence electrons. The molecule has 3 nitrogen and oxygen atoms in total. The van der Waals surface area contributed by atoms with E-state index in [1.165, 1.54) is 12.1 Å². The first-order chi connectivity index (χ1) is 9.34. The summed E-state index contributed by atoms with van der Waals surface area (Å²) < 4.78 is 44.1. The molecule has 1 aliphatic carbocycles. The molecule has 0 aliphatic heterocycles. The Kier molecular flexibility index (Phi) is 3.80. The summed E-state index contributed by atoms with van der Waals surface area (Å²) in [6.07, 6.45) is -1.46. The number of rotatable bonds is 3. The van der Waals surface area contributed by atoms with Crippen molar-refractivity contribution in [2.45, 2.75) is 31.0 Å². The molecule has 7 heteroatoms. The first-order valence-corrected chi connectivity index (χ1v) is 6.26. The van der Waals surface area contributed by atoms with Crippen molar-refractivity contribution in [2.75, 3.05) is 7.11 Å². The first-order valence-electron chi connectivity index (χ1n) is 5.88. The lowest BCUT2D eigenvalue weighted by Crippen LogP contribution is -2.33. The van der Waals surface area contributed by atoms with E-state index in [1.54, 1.807) is 0 Å². The third kappa shape index (κ3) is 2.41. The molecule has 0 aromatic heterocycles. The number of methoxy groups -OCH3 is 1. The highest BCUT2D eigenvalue weighted by molar-refractivity contribution is 6.30.